The zero-order chi connectivity index (χ0) is 22.9. The van der Waals surface area contributed by atoms with Crippen LogP contribution in [0.15, 0.2) is 30.3 Å². The molecule has 0 spiro atoms. The molecular formula is C19H24N4O7S. The van der Waals surface area contributed by atoms with Crippen molar-refractivity contribution in [1.29, 1.82) is 0 Å². The van der Waals surface area contributed by atoms with E-state index in [0.717, 1.165) is 5.56 Å². The molecule has 12 heteroatoms. The third-order valence-electron chi connectivity index (χ3n) is 5.16. The summed E-state index contributed by atoms with van der Waals surface area (Å²) in [6.07, 6.45) is -1.41. The Morgan fingerprint density at radius 2 is 1.94 bits per heavy atom. The summed E-state index contributed by atoms with van der Waals surface area (Å²) in [6, 6.07) is 6.71. The molecule has 0 aliphatic carbocycles. The van der Waals surface area contributed by atoms with Gasteiger partial charge in [-0.2, -0.15) is 0 Å². The van der Waals surface area contributed by atoms with Gasteiger partial charge in [0.05, 0.1) is 0 Å². The number of β-lactam (4-membered cyclic amide) rings is 1. The number of nitrogens with zero attached hydrogens (tertiary/aromatic N) is 2. The van der Waals surface area contributed by atoms with Gasteiger partial charge in [0.15, 0.2) is 0 Å². The van der Waals surface area contributed by atoms with Crippen molar-refractivity contribution in [3.05, 3.63) is 46.0 Å². The predicted molar refractivity (Wildman–Crippen MR) is 110 cm³/mol. The average Bonchev–Trinajstić information content (AvgIpc) is 2.94. The highest BCUT2D eigenvalue weighted by molar-refractivity contribution is 8.01. The van der Waals surface area contributed by atoms with Gasteiger partial charge in [0.1, 0.15) is 23.5 Å². The Kier molecular flexibility index (Phi) is 6.41. The second-order valence-electron chi connectivity index (χ2n) is 7.71. The zero-order valence-corrected chi connectivity index (χ0v) is 18.3. The van der Waals surface area contributed by atoms with Gasteiger partial charge < -0.3 is 20.3 Å². The molecule has 0 aromatic heterocycles. The summed E-state index contributed by atoms with van der Waals surface area (Å²) in [5, 5.41) is 14.6. The van der Waals surface area contributed by atoms with E-state index in [0.29, 0.717) is 0 Å². The number of ether oxygens (including phenoxy) is 1. The van der Waals surface area contributed by atoms with Crippen LogP contribution in [0.2, 0.25) is 0 Å². The molecule has 5 atom stereocenters. The summed E-state index contributed by atoms with van der Waals surface area (Å²) < 4.78 is 4.27. The number of likely N-dealkylation sites (N-methyl/N-ethyl adjacent to an activating group) is 1. The molecule has 31 heavy (non-hydrogen) atoms. The minimum atomic E-state index is -1.41. The number of hydrogen-bond donors (Lipinski definition) is 2. The van der Waals surface area contributed by atoms with Gasteiger partial charge in [-0.25, -0.2) is 4.79 Å². The van der Waals surface area contributed by atoms with Gasteiger partial charge in [-0.15, -0.1) is 21.9 Å². The number of amides is 2. The highest BCUT2D eigenvalue weighted by atomic mass is 32.2. The van der Waals surface area contributed by atoms with E-state index in [1.54, 1.807) is 20.9 Å². The molecule has 2 aliphatic heterocycles. The fourth-order valence-electron chi connectivity index (χ4n) is 3.83. The Morgan fingerprint density at radius 3 is 2.52 bits per heavy atom. The molecule has 2 fully saturated rings. The fourth-order valence-corrected chi connectivity index (χ4v) is 5.45. The van der Waals surface area contributed by atoms with Crippen LogP contribution < -0.4 is 10.6 Å². The molecule has 2 N–H and O–H groups in total. The van der Waals surface area contributed by atoms with Crippen LogP contribution in [0.5, 0.6) is 0 Å². The fraction of sp³-hybridized carbons (Fsp3) is 0.526. The molecule has 0 saturated carbocycles. The number of carbonyl (C=O) groups is 3. The Balaban J connectivity index is 1.69. The zero-order valence-electron chi connectivity index (χ0n) is 17.4. The normalized spacial score (nSPS) is 25.6. The van der Waals surface area contributed by atoms with Gasteiger partial charge in [0.2, 0.25) is 18.1 Å². The number of benzene rings is 1. The Labute approximate surface area is 182 Å². The number of esters is 1. The van der Waals surface area contributed by atoms with Crippen LogP contribution in [0.3, 0.4) is 0 Å². The van der Waals surface area contributed by atoms with Crippen molar-refractivity contribution in [2.75, 3.05) is 7.05 Å². The summed E-state index contributed by atoms with van der Waals surface area (Å²) in [6.45, 7) is 4.76. The third-order valence-corrected chi connectivity index (χ3v) is 6.73. The van der Waals surface area contributed by atoms with Gasteiger partial charge in [0, 0.05) is 4.75 Å². The predicted octanol–water partition coefficient (Wildman–Crippen LogP) is 0.592. The van der Waals surface area contributed by atoms with E-state index in [2.05, 4.69) is 15.5 Å². The molecule has 1 aromatic rings. The summed E-state index contributed by atoms with van der Waals surface area (Å²) >= 11 is 1.36. The van der Waals surface area contributed by atoms with Crippen molar-refractivity contribution >= 4 is 29.5 Å². The highest BCUT2D eigenvalue weighted by Gasteiger charge is 2.64. The maximum absolute atomic E-state index is 12.8. The SMILES string of the molecule is CN[C@@H](C(=O)N[C@@H]1C(=O)N2[C@@H]1SC(C)(C)[C@@H]2C(=O)OC(C)O[N+](=O)[O-])c1ccccc1. The lowest BCUT2D eigenvalue weighted by molar-refractivity contribution is -0.777. The van der Waals surface area contributed by atoms with E-state index in [1.165, 1.54) is 23.6 Å². The number of hydrogen-bond acceptors (Lipinski definition) is 9. The maximum atomic E-state index is 12.8. The molecule has 3 rings (SSSR count). The summed E-state index contributed by atoms with van der Waals surface area (Å²) in [5.74, 6) is -1.57. The van der Waals surface area contributed by atoms with Crippen LogP contribution in [0.4, 0.5) is 0 Å². The molecule has 1 unspecified atom stereocenters. The van der Waals surface area contributed by atoms with E-state index in [4.69, 9.17) is 4.74 Å². The summed E-state index contributed by atoms with van der Waals surface area (Å²) in [5.41, 5.74) is 0.756. The minimum Gasteiger partial charge on any atom is -0.434 e. The van der Waals surface area contributed by atoms with Crippen LogP contribution in [-0.4, -0.2) is 63.3 Å². The van der Waals surface area contributed by atoms with Crippen molar-refractivity contribution in [3.63, 3.8) is 0 Å². The second kappa shape index (κ2) is 8.71. The topological polar surface area (TPSA) is 140 Å². The van der Waals surface area contributed by atoms with Gasteiger partial charge in [-0.05, 0) is 33.4 Å². The van der Waals surface area contributed by atoms with E-state index < -0.39 is 51.5 Å². The van der Waals surface area contributed by atoms with E-state index >= 15 is 0 Å². The first-order valence-electron chi connectivity index (χ1n) is 9.61. The van der Waals surface area contributed by atoms with Gasteiger partial charge >= 0.3 is 5.97 Å². The van der Waals surface area contributed by atoms with E-state index in [1.807, 2.05) is 30.3 Å². The first-order chi connectivity index (χ1) is 14.6. The molecule has 0 radical (unpaired) electrons. The number of carbonyl (C=O) groups excluding carboxylic acids is 3. The average molecular weight is 452 g/mol. The molecule has 2 amide bonds. The van der Waals surface area contributed by atoms with Crippen LogP contribution in [0.25, 0.3) is 0 Å². The van der Waals surface area contributed by atoms with Crippen molar-refractivity contribution in [1.82, 2.24) is 15.5 Å². The molecule has 2 heterocycles. The Hall–Kier alpha value is -2.86. The van der Waals surface area contributed by atoms with E-state index in [-0.39, 0.29) is 5.91 Å². The van der Waals surface area contributed by atoms with Crippen molar-refractivity contribution in [3.8, 4) is 0 Å². The molecule has 2 aliphatic rings. The maximum Gasteiger partial charge on any atom is 0.332 e. The van der Waals surface area contributed by atoms with E-state index in [9.17, 15) is 24.5 Å². The van der Waals surface area contributed by atoms with Crippen molar-refractivity contribution < 1.29 is 29.0 Å². The standard InChI is InChI=1S/C19H24N4O7S/c1-10(30-23(27)28)29-18(26)14-19(2,3)31-17-13(16(25)22(14)17)21-15(24)12(20-4)11-8-6-5-7-9-11/h5-10,12-14,17,20H,1-4H3,(H,21,24)/t10?,12-,13-,14+,17-/m1/s1. The Morgan fingerprint density at radius 1 is 1.29 bits per heavy atom. The molecule has 168 valence electrons. The third kappa shape index (κ3) is 4.44. The molecular weight excluding hydrogens is 428 g/mol. The van der Waals surface area contributed by atoms with Gasteiger partial charge in [-0.1, -0.05) is 30.3 Å². The number of rotatable bonds is 8. The number of fused-ring (bicyclic) bond motifs is 1. The Bertz CT molecular complexity index is 881. The molecule has 11 nitrogen and oxygen atoms in total. The first-order valence-corrected chi connectivity index (χ1v) is 10.5. The minimum absolute atomic E-state index is 0.357. The molecule has 2 saturated heterocycles. The largest absolute Gasteiger partial charge is 0.434 e. The lowest BCUT2D eigenvalue weighted by atomic mass is 9.95. The summed E-state index contributed by atoms with van der Waals surface area (Å²) in [7, 11) is 1.65. The van der Waals surface area contributed by atoms with Crippen molar-refractivity contribution in [2.24, 2.45) is 0 Å². The second-order valence-corrected chi connectivity index (χ2v) is 9.48. The first kappa shape index (κ1) is 22.8. The quantitative estimate of drug-likeness (QED) is 0.191. The van der Waals surface area contributed by atoms with Crippen LogP contribution in [0.1, 0.15) is 32.4 Å². The van der Waals surface area contributed by atoms with Gasteiger partial charge in [-0.3, -0.25) is 14.4 Å². The van der Waals surface area contributed by atoms with Crippen LogP contribution in [-0.2, 0) is 24.0 Å². The molecule has 1 aromatic carbocycles. The van der Waals surface area contributed by atoms with Crippen molar-refractivity contribution in [2.45, 2.75) is 55.3 Å². The van der Waals surface area contributed by atoms with Gasteiger partial charge in [0.25, 0.3) is 5.09 Å². The highest BCUT2D eigenvalue weighted by Crippen LogP contribution is 2.51. The van der Waals surface area contributed by atoms with Crippen LogP contribution in [0, 0.1) is 10.1 Å². The monoisotopic (exact) mass is 452 g/mol. The number of thioether (sulfide) groups is 1. The lowest BCUT2D eigenvalue weighted by Crippen LogP contribution is -2.71. The molecule has 0 bridgehead atoms. The lowest BCUT2D eigenvalue weighted by Gasteiger charge is -2.44. The smallest absolute Gasteiger partial charge is 0.332 e. The number of nitrogens with one attached hydrogen (secondary N) is 2. The summed E-state index contributed by atoms with van der Waals surface area (Å²) in [4.78, 5) is 54.3. The van der Waals surface area contributed by atoms with Crippen LogP contribution >= 0.6 is 11.8 Å².